The monoisotopic (exact) mass is 424 g/mol. The van der Waals surface area contributed by atoms with Crippen molar-refractivity contribution in [3.05, 3.63) is 52.5 Å². The molecule has 146 valence electrons. The first-order valence-corrected chi connectivity index (χ1v) is 8.86. The highest BCUT2D eigenvalue weighted by atomic mass is 35.5. The Labute approximate surface area is 157 Å². The third kappa shape index (κ3) is 4.64. The molecule has 2 rings (SSSR count). The van der Waals surface area contributed by atoms with Crippen LogP contribution in [0.15, 0.2) is 41.3 Å². The van der Waals surface area contributed by atoms with E-state index in [2.05, 4.69) is 4.74 Å². The van der Waals surface area contributed by atoms with E-state index in [0.717, 1.165) is 19.2 Å². The van der Waals surface area contributed by atoms with Gasteiger partial charge in [-0.25, -0.2) is 4.79 Å². The number of halogens is 4. The van der Waals surface area contributed by atoms with Crippen molar-refractivity contribution in [2.45, 2.75) is 11.1 Å². The molecule has 11 heteroatoms. The lowest BCUT2D eigenvalue weighted by Gasteiger charge is -2.14. The molecule has 0 atom stereocenters. The van der Waals surface area contributed by atoms with Crippen LogP contribution < -0.4 is 8.92 Å². The lowest BCUT2D eigenvalue weighted by atomic mass is 10.2. The van der Waals surface area contributed by atoms with E-state index in [0.29, 0.717) is 12.1 Å². The molecule has 27 heavy (non-hydrogen) atoms. The summed E-state index contributed by atoms with van der Waals surface area (Å²) in [5.41, 5.74) is -1.50. The van der Waals surface area contributed by atoms with Gasteiger partial charge in [-0.05, 0) is 30.3 Å². The van der Waals surface area contributed by atoms with Crippen LogP contribution in [-0.2, 0) is 21.0 Å². The van der Waals surface area contributed by atoms with Gasteiger partial charge < -0.3 is 13.7 Å². The van der Waals surface area contributed by atoms with Crippen LogP contribution in [0, 0.1) is 0 Å². The number of hydrogen-bond donors (Lipinski definition) is 0. The van der Waals surface area contributed by atoms with Crippen molar-refractivity contribution < 1.29 is 40.0 Å². The molecule has 0 aliphatic heterocycles. The van der Waals surface area contributed by atoms with Crippen molar-refractivity contribution >= 4 is 27.7 Å². The summed E-state index contributed by atoms with van der Waals surface area (Å²) >= 11 is 5.74. The molecule has 0 aliphatic carbocycles. The molecule has 2 aromatic carbocycles. The number of esters is 1. The first kappa shape index (κ1) is 20.8. The molecule has 0 saturated heterocycles. The number of methoxy groups -OCH3 is 2. The van der Waals surface area contributed by atoms with Gasteiger partial charge in [-0.1, -0.05) is 11.6 Å². The molecule has 0 radical (unpaired) electrons. The van der Waals surface area contributed by atoms with Crippen LogP contribution in [0.5, 0.6) is 11.5 Å². The number of carbonyl (C=O) groups excluding carboxylic acids is 1. The fourth-order valence-electron chi connectivity index (χ4n) is 2.01. The second-order valence-corrected chi connectivity index (χ2v) is 6.96. The molecule has 0 aliphatic rings. The standard InChI is InChI=1S/C16H12ClF3O6S/c1-24-10-4-5-11(15(21)25-2)13(8-10)26-27(22,23)14-7-9(16(18,19)20)3-6-12(14)17/h3-8H,1-2H3. The van der Waals surface area contributed by atoms with Crippen molar-refractivity contribution in [3.63, 3.8) is 0 Å². The summed E-state index contributed by atoms with van der Waals surface area (Å²) in [7, 11) is -2.46. The van der Waals surface area contributed by atoms with Gasteiger partial charge in [-0.3, -0.25) is 0 Å². The van der Waals surface area contributed by atoms with Gasteiger partial charge in [-0.15, -0.1) is 0 Å². The quantitative estimate of drug-likeness (QED) is 0.534. The molecule has 0 spiro atoms. The van der Waals surface area contributed by atoms with Crippen LogP contribution in [0.1, 0.15) is 15.9 Å². The summed E-state index contributed by atoms with van der Waals surface area (Å²) in [6.07, 6.45) is -4.79. The van der Waals surface area contributed by atoms with Gasteiger partial charge in [-0.2, -0.15) is 21.6 Å². The molecule has 0 amide bonds. The zero-order valence-corrected chi connectivity index (χ0v) is 15.4. The van der Waals surface area contributed by atoms with Crippen molar-refractivity contribution in [3.8, 4) is 11.5 Å². The third-order valence-electron chi connectivity index (χ3n) is 3.32. The van der Waals surface area contributed by atoms with E-state index in [-0.39, 0.29) is 11.3 Å². The van der Waals surface area contributed by atoms with Crippen LogP contribution in [-0.4, -0.2) is 28.6 Å². The molecular formula is C16H12ClF3O6S. The van der Waals surface area contributed by atoms with Gasteiger partial charge in [0.05, 0.1) is 24.8 Å². The summed E-state index contributed by atoms with van der Waals surface area (Å²) in [6.45, 7) is 0. The molecule has 0 saturated carbocycles. The normalized spacial score (nSPS) is 11.8. The first-order chi connectivity index (χ1) is 12.5. The van der Waals surface area contributed by atoms with E-state index in [1.54, 1.807) is 0 Å². The fourth-order valence-corrected chi connectivity index (χ4v) is 3.45. The highest BCUT2D eigenvalue weighted by Gasteiger charge is 2.33. The smallest absolute Gasteiger partial charge is 0.416 e. The Morgan fingerprint density at radius 1 is 1.07 bits per heavy atom. The number of rotatable bonds is 5. The minimum atomic E-state index is -4.81. The highest BCUT2D eigenvalue weighted by molar-refractivity contribution is 7.87. The Balaban J connectivity index is 2.56. The topological polar surface area (TPSA) is 78.9 Å². The highest BCUT2D eigenvalue weighted by Crippen LogP contribution is 2.35. The van der Waals surface area contributed by atoms with E-state index in [1.165, 1.54) is 19.2 Å². The van der Waals surface area contributed by atoms with Crippen LogP contribution in [0.3, 0.4) is 0 Å². The molecular weight excluding hydrogens is 413 g/mol. The third-order valence-corrected chi connectivity index (χ3v) is 5.04. The minimum Gasteiger partial charge on any atom is -0.497 e. The summed E-state index contributed by atoms with van der Waals surface area (Å²) in [4.78, 5) is 10.9. The molecule has 0 unspecified atom stereocenters. The Morgan fingerprint density at radius 2 is 1.74 bits per heavy atom. The molecule has 0 fully saturated rings. The number of hydrogen-bond acceptors (Lipinski definition) is 6. The zero-order valence-electron chi connectivity index (χ0n) is 13.8. The lowest BCUT2D eigenvalue weighted by molar-refractivity contribution is -0.137. The van der Waals surface area contributed by atoms with Gasteiger partial charge in [0.15, 0.2) is 5.75 Å². The fraction of sp³-hybridized carbons (Fsp3) is 0.188. The van der Waals surface area contributed by atoms with E-state index < -0.39 is 43.5 Å². The number of ether oxygens (including phenoxy) is 2. The SMILES string of the molecule is COC(=O)c1ccc(OC)cc1OS(=O)(=O)c1cc(C(F)(F)F)ccc1Cl. The van der Waals surface area contributed by atoms with Gasteiger partial charge in [0.2, 0.25) is 0 Å². The second kappa shape index (κ2) is 7.65. The molecule has 2 aromatic rings. The molecule has 0 bridgehead atoms. The zero-order chi connectivity index (χ0) is 20.4. The number of benzene rings is 2. The van der Waals surface area contributed by atoms with Crippen LogP contribution in [0.4, 0.5) is 13.2 Å². The van der Waals surface area contributed by atoms with Crippen LogP contribution in [0.2, 0.25) is 5.02 Å². The van der Waals surface area contributed by atoms with Crippen LogP contribution >= 0.6 is 11.6 Å². The summed E-state index contributed by atoms with van der Waals surface area (Å²) < 4.78 is 77.9. The van der Waals surface area contributed by atoms with Crippen LogP contribution in [0.25, 0.3) is 0 Å². The number of carbonyl (C=O) groups is 1. The molecule has 0 N–H and O–H groups in total. The molecule has 6 nitrogen and oxygen atoms in total. The summed E-state index contributed by atoms with van der Waals surface area (Å²) in [6, 6.07) is 5.37. The maximum Gasteiger partial charge on any atom is 0.416 e. The maximum atomic E-state index is 12.9. The largest absolute Gasteiger partial charge is 0.497 e. The maximum absolute atomic E-state index is 12.9. The first-order valence-electron chi connectivity index (χ1n) is 7.07. The van der Waals surface area contributed by atoms with Gasteiger partial charge in [0.1, 0.15) is 16.2 Å². The van der Waals surface area contributed by atoms with Crippen molar-refractivity contribution in [1.29, 1.82) is 0 Å². The number of alkyl halides is 3. The van der Waals surface area contributed by atoms with Gasteiger partial charge >= 0.3 is 22.3 Å². The average molecular weight is 425 g/mol. The Morgan fingerprint density at radius 3 is 2.30 bits per heavy atom. The van der Waals surface area contributed by atoms with Crippen molar-refractivity contribution in [2.75, 3.05) is 14.2 Å². The van der Waals surface area contributed by atoms with Gasteiger partial charge in [0, 0.05) is 6.07 Å². The van der Waals surface area contributed by atoms with Crippen molar-refractivity contribution in [2.24, 2.45) is 0 Å². The van der Waals surface area contributed by atoms with E-state index in [9.17, 15) is 26.4 Å². The van der Waals surface area contributed by atoms with Gasteiger partial charge in [0.25, 0.3) is 0 Å². The predicted octanol–water partition coefficient (Wildman–Crippen LogP) is 3.92. The van der Waals surface area contributed by atoms with E-state index in [1.807, 2.05) is 0 Å². The average Bonchev–Trinajstić information content (AvgIpc) is 2.59. The second-order valence-electron chi connectivity index (χ2n) is 5.03. The lowest BCUT2D eigenvalue weighted by Crippen LogP contribution is -2.15. The summed E-state index contributed by atoms with van der Waals surface area (Å²) in [5.74, 6) is -1.27. The minimum absolute atomic E-state index is 0.142. The summed E-state index contributed by atoms with van der Waals surface area (Å²) in [5, 5.41) is -0.481. The Hall–Kier alpha value is -2.46. The molecule has 0 aromatic heterocycles. The Kier molecular flexibility index (Phi) is 5.91. The molecule has 0 heterocycles. The van der Waals surface area contributed by atoms with E-state index in [4.69, 9.17) is 20.5 Å². The van der Waals surface area contributed by atoms with Crippen molar-refractivity contribution in [1.82, 2.24) is 0 Å². The predicted molar refractivity (Wildman–Crippen MR) is 88.6 cm³/mol. The Bertz CT molecular complexity index is 973. The van der Waals surface area contributed by atoms with E-state index >= 15 is 0 Å².